The van der Waals surface area contributed by atoms with Gasteiger partial charge in [-0.25, -0.2) is 0 Å². The summed E-state index contributed by atoms with van der Waals surface area (Å²) in [6.07, 6.45) is 2.89. The lowest BCUT2D eigenvalue weighted by Gasteiger charge is -2.26. The van der Waals surface area contributed by atoms with Crippen LogP contribution in [0.25, 0.3) is 6.08 Å². The highest BCUT2D eigenvalue weighted by Gasteiger charge is 2.25. The largest absolute Gasteiger partial charge is 0.483 e. The van der Waals surface area contributed by atoms with Gasteiger partial charge in [0.25, 0.3) is 0 Å². The van der Waals surface area contributed by atoms with Crippen LogP contribution in [0, 0.1) is 0 Å². The summed E-state index contributed by atoms with van der Waals surface area (Å²) < 4.78 is 6.80. The maximum absolute atomic E-state index is 10.4. The maximum Gasteiger partial charge on any atom is 0.147 e. The molecular formula is C16H13BrO2. The molecule has 0 aromatic heterocycles. The molecular weight excluding hydrogens is 304 g/mol. The minimum Gasteiger partial charge on any atom is -0.483 e. The summed E-state index contributed by atoms with van der Waals surface area (Å²) in [4.78, 5) is 0. The highest BCUT2D eigenvalue weighted by Crippen LogP contribution is 2.31. The third-order valence-electron chi connectivity index (χ3n) is 3.16. The number of aliphatic hydroxyl groups excluding tert-OH is 1. The Hall–Kier alpha value is -1.58. The zero-order chi connectivity index (χ0) is 13.2. The molecule has 0 saturated carbocycles. The SMILES string of the molecule is O[C@@H]1c2ccccc2C=C[C@H]1Oc1cccc(Br)c1. The van der Waals surface area contributed by atoms with Crippen LogP contribution in [0.15, 0.2) is 59.1 Å². The van der Waals surface area contributed by atoms with Crippen LogP contribution >= 0.6 is 15.9 Å². The zero-order valence-corrected chi connectivity index (χ0v) is 11.7. The quantitative estimate of drug-likeness (QED) is 0.908. The fourth-order valence-electron chi connectivity index (χ4n) is 2.21. The Balaban J connectivity index is 1.85. The first-order chi connectivity index (χ1) is 9.24. The molecule has 0 aliphatic heterocycles. The third-order valence-corrected chi connectivity index (χ3v) is 3.65. The monoisotopic (exact) mass is 316 g/mol. The molecule has 19 heavy (non-hydrogen) atoms. The molecule has 1 aliphatic carbocycles. The van der Waals surface area contributed by atoms with Crippen LogP contribution in [0.2, 0.25) is 0 Å². The molecule has 2 nitrogen and oxygen atoms in total. The topological polar surface area (TPSA) is 29.5 Å². The Morgan fingerprint density at radius 2 is 1.89 bits per heavy atom. The number of benzene rings is 2. The molecule has 1 aliphatic rings. The van der Waals surface area contributed by atoms with E-state index in [2.05, 4.69) is 15.9 Å². The van der Waals surface area contributed by atoms with E-state index in [-0.39, 0.29) is 6.10 Å². The maximum atomic E-state index is 10.4. The summed E-state index contributed by atoms with van der Waals surface area (Å²) in [6.45, 7) is 0. The summed E-state index contributed by atoms with van der Waals surface area (Å²) >= 11 is 3.41. The van der Waals surface area contributed by atoms with E-state index in [9.17, 15) is 5.11 Å². The first kappa shape index (κ1) is 12.5. The average molecular weight is 317 g/mol. The van der Waals surface area contributed by atoms with E-state index in [4.69, 9.17) is 4.74 Å². The van der Waals surface area contributed by atoms with Gasteiger partial charge in [-0.1, -0.05) is 52.3 Å². The number of hydrogen-bond acceptors (Lipinski definition) is 2. The van der Waals surface area contributed by atoms with Crippen molar-refractivity contribution in [3.8, 4) is 5.75 Å². The van der Waals surface area contributed by atoms with Gasteiger partial charge in [-0.3, -0.25) is 0 Å². The van der Waals surface area contributed by atoms with E-state index >= 15 is 0 Å². The van der Waals surface area contributed by atoms with Gasteiger partial charge in [0.2, 0.25) is 0 Å². The minimum atomic E-state index is -0.639. The van der Waals surface area contributed by atoms with Crippen molar-refractivity contribution in [2.24, 2.45) is 0 Å². The van der Waals surface area contributed by atoms with Crippen molar-refractivity contribution in [3.63, 3.8) is 0 Å². The van der Waals surface area contributed by atoms with Crippen LogP contribution in [-0.4, -0.2) is 11.2 Å². The summed E-state index contributed by atoms with van der Waals surface area (Å²) in [7, 11) is 0. The smallest absolute Gasteiger partial charge is 0.147 e. The van der Waals surface area contributed by atoms with Gasteiger partial charge in [-0.2, -0.15) is 0 Å². The molecule has 2 aromatic rings. The fraction of sp³-hybridized carbons (Fsp3) is 0.125. The van der Waals surface area contributed by atoms with Crippen molar-refractivity contribution >= 4 is 22.0 Å². The third kappa shape index (κ3) is 2.57. The number of rotatable bonds is 2. The van der Waals surface area contributed by atoms with Crippen molar-refractivity contribution in [3.05, 3.63) is 70.2 Å². The second kappa shape index (κ2) is 5.19. The lowest BCUT2D eigenvalue weighted by atomic mass is 9.93. The molecule has 0 amide bonds. The Kier molecular flexibility index (Phi) is 3.40. The standard InChI is InChI=1S/C16H13BrO2/c17-12-5-3-6-13(10-12)19-15-9-8-11-4-1-2-7-14(11)16(15)18/h1-10,15-16,18H/t15-,16-/m1/s1. The lowest BCUT2D eigenvalue weighted by Crippen LogP contribution is -2.25. The highest BCUT2D eigenvalue weighted by atomic mass is 79.9. The molecule has 3 heteroatoms. The minimum absolute atomic E-state index is 0.357. The van der Waals surface area contributed by atoms with Crippen LogP contribution in [0.4, 0.5) is 0 Å². The van der Waals surface area contributed by atoms with Gasteiger partial charge in [0.05, 0.1) is 0 Å². The molecule has 0 heterocycles. The van der Waals surface area contributed by atoms with Gasteiger partial charge in [-0.05, 0) is 35.4 Å². The van der Waals surface area contributed by atoms with Gasteiger partial charge in [0.15, 0.2) is 0 Å². The molecule has 2 aromatic carbocycles. The van der Waals surface area contributed by atoms with Crippen molar-refractivity contribution < 1.29 is 9.84 Å². The van der Waals surface area contributed by atoms with Crippen molar-refractivity contribution in [1.82, 2.24) is 0 Å². The summed E-state index contributed by atoms with van der Waals surface area (Å²) in [5, 5.41) is 10.4. The van der Waals surface area contributed by atoms with Crippen molar-refractivity contribution in [2.75, 3.05) is 0 Å². The average Bonchev–Trinajstić information content (AvgIpc) is 2.42. The van der Waals surface area contributed by atoms with Crippen LogP contribution in [0.3, 0.4) is 0 Å². The van der Waals surface area contributed by atoms with Gasteiger partial charge in [-0.15, -0.1) is 0 Å². The molecule has 0 bridgehead atoms. The Morgan fingerprint density at radius 3 is 2.74 bits per heavy atom. The van der Waals surface area contributed by atoms with Gasteiger partial charge >= 0.3 is 0 Å². The van der Waals surface area contributed by atoms with E-state index in [1.807, 2.05) is 60.7 Å². The van der Waals surface area contributed by atoms with Crippen molar-refractivity contribution in [1.29, 1.82) is 0 Å². The van der Waals surface area contributed by atoms with E-state index in [1.165, 1.54) is 0 Å². The molecule has 0 radical (unpaired) electrons. The number of hydrogen-bond donors (Lipinski definition) is 1. The molecule has 3 rings (SSSR count). The molecule has 2 atom stereocenters. The summed E-state index contributed by atoms with van der Waals surface area (Å²) in [6, 6.07) is 15.4. The highest BCUT2D eigenvalue weighted by molar-refractivity contribution is 9.10. The first-order valence-corrected chi connectivity index (χ1v) is 6.91. The Bertz CT molecular complexity index is 622. The molecule has 96 valence electrons. The molecule has 0 saturated heterocycles. The second-order valence-corrected chi connectivity index (χ2v) is 5.39. The number of aliphatic hydroxyl groups is 1. The number of halogens is 1. The normalized spacial score (nSPS) is 20.9. The van der Waals surface area contributed by atoms with E-state index in [1.54, 1.807) is 0 Å². The van der Waals surface area contributed by atoms with Crippen LogP contribution < -0.4 is 4.74 Å². The second-order valence-electron chi connectivity index (χ2n) is 4.47. The molecule has 0 spiro atoms. The predicted octanol–water partition coefficient (Wildman–Crippen LogP) is 3.96. The van der Waals surface area contributed by atoms with Gasteiger partial charge in [0, 0.05) is 4.47 Å². The predicted molar refractivity (Wildman–Crippen MR) is 79.0 cm³/mol. The molecule has 1 N–H and O–H groups in total. The number of ether oxygens (including phenoxy) is 1. The Labute approximate surface area is 120 Å². The van der Waals surface area contributed by atoms with Gasteiger partial charge < -0.3 is 9.84 Å². The lowest BCUT2D eigenvalue weighted by molar-refractivity contribution is 0.0623. The van der Waals surface area contributed by atoms with E-state index < -0.39 is 6.10 Å². The molecule has 0 fully saturated rings. The van der Waals surface area contributed by atoms with E-state index in [0.717, 1.165) is 21.3 Å². The summed E-state index contributed by atoms with van der Waals surface area (Å²) in [5.41, 5.74) is 1.95. The van der Waals surface area contributed by atoms with Crippen LogP contribution in [0.5, 0.6) is 5.75 Å². The van der Waals surface area contributed by atoms with Crippen LogP contribution in [0.1, 0.15) is 17.2 Å². The first-order valence-electron chi connectivity index (χ1n) is 6.11. The zero-order valence-electron chi connectivity index (χ0n) is 10.2. The fourth-order valence-corrected chi connectivity index (χ4v) is 2.59. The van der Waals surface area contributed by atoms with E-state index in [0.29, 0.717) is 0 Å². The summed E-state index contributed by atoms with van der Waals surface area (Å²) in [5.74, 6) is 0.738. The molecule has 0 unspecified atom stereocenters. The van der Waals surface area contributed by atoms with Gasteiger partial charge in [0.1, 0.15) is 18.0 Å². The van der Waals surface area contributed by atoms with Crippen molar-refractivity contribution in [2.45, 2.75) is 12.2 Å². The Morgan fingerprint density at radius 1 is 1.05 bits per heavy atom. The van der Waals surface area contributed by atoms with Crippen LogP contribution in [-0.2, 0) is 0 Å². The number of fused-ring (bicyclic) bond motifs is 1.